The number of thiocarbonyl (C=S) groups is 1. The second kappa shape index (κ2) is 8.94. The third-order valence-corrected chi connectivity index (χ3v) is 4.80. The Hall–Kier alpha value is -0.720. The fourth-order valence-electron chi connectivity index (χ4n) is 3.24. The zero-order valence-electron chi connectivity index (χ0n) is 13.7. The first-order chi connectivity index (χ1) is 10.9. The van der Waals surface area contributed by atoms with Crippen molar-refractivity contribution in [2.75, 3.05) is 31.5 Å². The van der Waals surface area contributed by atoms with Crippen molar-refractivity contribution in [3.63, 3.8) is 0 Å². The molecule has 0 saturated carbocycles. The summed E-state index contributed by atoms with van der Waals surface area (Å²) >= 11 is 8.46. The van der Waals surface area contributed by atoms with Crippen molar-refractivity contribution in [3.8, 4) is 0 Å². The van der Waals surface area contributed by atoms with E-state index < -0.39 is 0 Å². The zero-order chi connectivity index (χ0) is 16.8. The van der Waals surface area contributed by atoms with Crippen LogP contribution < -0.4 is 10.6 Å². The Labute approximate surface area is 152 Å². The van der Waals surface area contributed by atoms with Crippen LogP contribution >= 0.6 is 28.1 Å². The molecule has 1 aliphatic heterocycles. The maximum atomic E-state index is 13.7. The van der Waals surface area contributed by atoms with Gasteiger partial charge in [0.05, 0.1) is 5.69 Å². The first kappa shape index (κ1) is 18.6. The number of likely N-dealkylation sites (tertiary alicyclic amines) is 1. The molecule has 2 rings (SSSR count). The van der Waals surface area contributed by atoms with Crippen molar-refractivity contribution >= 4 is 38.9 Å². The highest BCUT2D eigenvalue weighted by Crippen LogP contribution is 2.21. The monoisotopic (exact) mass is 401 g/mol. The summed E-state index contributed by atoms with van der Waals surface area (Å²) < 4.78 is 14.4. The van der Waals surface area contributed by atoms with Crippen LogP contribution in [0.1, 0.15) is 26.7 Å². The van der Waals surface area contributed by atoms with Crippen molar-refractivity contribution < 1.29 is 4.39 Å². The van der Waals surface area contributed by atoms with Gasteiger partial charge >= 0.3 is 0 Å². The smallest absolute Gasteiger partial charge is 0.170 e. The van der Waals surface area contributed by atoms with Gasteiger partial charge < -0.3 is 15.5 Å². The SMILES string of the molecule is C[C@@H]1C[C@@H](C)CN(CCCNC(=S)Nc2ccc(Br)cc2F)C1. The summed E-state index contributed by atoms with van der Waals surface area (Å²) in [4.78, 5) is 2.53. The van der Waals surface area contributed by atoms with E-state index in [9.17, 15) is 4.39 Å². The second-order valence-electron chi connectivity index (χ2n) is 6.56. The molecule has 1 saturated heterocycles. The summed E-state index contributed by atoms with van der Waals surface area (Å²) in [6, 6.07) is 4.88. The van der Waals surface area contributed by atoms with Crippen molar-refractivity contribution in [1.82, 2.24) is 10.2 Å². The summed E-state index contributed by atoms with van der Waals surface area (Å²) in [6.45, 7) is 8.91. The van der Waals surface area contributed by atoms with E-state index in [4.69, 9.17) is 12.2 Å². The van der Waals surface area contributed by atoms with E-state index in [-0.39, 0.29) is 5.82 Å². The molecule has 0 unspecified atom stereocenters. The van der Waals surface area contributed by atoms with E-state index in [1.165, 1.54) is 25.6 Å². The van der Waals surface area contributed by atoms with Crippen LogP contribution in [0.25, 0.3) is 0 Å². The van der Waals surface area contributed by atoms with Gasteiger partial charge in [0, 0.05) is 24.1 Å². The number of halogens is 2. The second-order valence-corrected chi connectivity index (χ2v) is 7.89. The molecule has 0 bridgehead atoms. The predicted molar refractivity (Wildman–Crippen MR) is 102 cm³/mol. The molecule has 0 aliphatic carbocycles. The molecule has 0 radical (unpaired) electrons. The summed E-state index contributed by atoms with van der Waals surface area (Å²) in [6.07, 6.45) is 2.37. The number of nitrogens with one attached hydrogen (secondary N) is 2. The molecule has 3 nitrogen and oxygen atoms in total. The van der Waals surface area contributed by atoms with Crippen molar-refractivity contribution in [1.29, 1.82) is 0 Å². The Morgan fingerprint density at radius 3 is 2.70 bits per heavy atom. The molecule has 2 N–H and O–H groups in total. The third kappa shape index (κ3) is 6.36. The molecule has 1 aliphatic rings. The van der Waals surface area contributed by atoms with E-state index >= 15 is 0 Å². The van der Waals surface area contributed by atoms with Gasteiger partial charge in [-0.15, -0.1) is 0 Å². The Morgan fingerprint density at radius 1 is 1.35 bits per heavy atom. The maximum Gasteiger partial charge on any atom is 0.170 e. The first-order valence-electron chi connectivity index (χ1n) is 8.16. The molecular weight excluding hydrogens is 377 g/mol. The molecular formula is C17H25BrFN3S. The van der Waals surface area contributed by atoms with Crippen LogP contribution in [-0.2, 0) is 0 Å². The average Bonchev–Trinajstić information content (AvgIpc) is 2.46. The van der Waals surface area contributed by atoms with Crippen LogP contribution in [0.15, 0.2) is 22.7 Å². The fraction of sp³-hybridized carbons (Fsp3) is 0.588. The highest BCUT2D eigenvalue weighted by molar-refractivity contribution is 9.10. The van der Waals surface area contributed by atoms with Crippen molar-refractivity contribution in [2.24, 2.45) is 11.8 Å². The van der Waals surface area contributed by atoms with Gasteiger partial charge in [0.25, 0.3) is 0 Å². The minimum Gasteiger partial charge on any atom is -0.362 e. The standard InChI is InChI=1S/C17H25BrFN3S/c1-12-8-13(2)11-22(10-12)7-3-6-20-17(23)21-16-5-4-14(18)9-15(16)19/h4-5,9,12-13H,3,6-8,10-11H2,1-2H3,(H2,20,21,23)/t12-,13-/m1/s1. The summed E-state index contributed by atoms with van der Waals surface area (Å²) in [5.41, 5.74) is 0.393. The highest BCUT2D eigenvalue weighted by atomic mass is 79.9. The number of nitrogens with zero attached hydrogens (tertiary/aromatic N) is 1. The Morgan fingerprint density at radius 2 is 2.04 bits per heavy atom. The molecule has 128 valence electrons. The molecule has 6 heteroatoms. The van der Waals surface area contributed by atoms with Gasteiger partial charge in [0.15, 0.2) is 5.11 Å². The van der Waals surface area contributed by atoms with Crippen LogP contribution in [0.5, 0.6) is 0 Å². The Bertz CT molecular complexity index is 531. The van der Waals surface area contributed by atoms with Crippen LogP contribution in [-0.4, -0.2) is 36.2 Å². The van der Waals surface area contributed by atoms with E-state index in [0.717, 1.165) is 31.3 Å². The lowest BCUT2D eigenvalue weighted by Crippen LogP contribution is -2.40. The number of benzene rings is 1. The van der Waals surface area contributed by atoms with Crippen molar-refractivity contribution in [3.05, 3.63) is 28.5 Å². The summed E-state index contributed by atoms with van der Waals surface area (Å²) in [5.74, 6) is 1.25. The molecule has 23 heavy (non-hydrogen) atoms. The molecule has 1 fully saturated rings. The van der Waals surface area contributed by atoms with E-state index in [0.29, 0.717) is 15.3 Å². The normalized spacial score (nSPS) is 21.9. The largest absolute Gasteiger partial charge is 0.362 e. The van der Waals surface area contributed by atoms with Gasteiger partial charge in [0.1, 0.15) is 5.82 Å². The number of hydrogen-bond acceptors (Lipinski definition) is 2. The third-order valence-electron chi connectivity index (χ3n) is 4.06. The Kier molecular flexibility index (Phi) is 7.24. The molecule has 1 heterocycles. The minimum absolute atomic E-state index is 0.320. The highest BCUT2D eigenvalue weighted by Gasteiger charge is 2.20. The lowest BCUT2D eigenvalue weighted by Gasteiger charge is -2.34. The summed E-state index contributed by atoms with van der Waals surface area (Å²) in [7, 11) is 0. The van der Waals surface area contributed by atoms with Crippen LogP contribution in [0.2, 0.25) is 0 Å². The predicted octanol–water partition coefficient (Wildman–Crippen LogP) is 4.24. The van der Waals surface area contributed by atoms with E-state index in [2.05, 4.69) is 45.3 Å². The fourth-order valence-corrected chi connectivity index (χ4v) is 3.78. The summed E-state index contributed by atoms with van der Waals surface area (Å²) in [5, 5.41) is 6.52. The zero-order valence-corrected chi connectivity index (χ0v) is 16.1. The molecule has 2 atom stereocenters. The van der Waals surface area contributed by atoms with Gasteiger partial charge in [0.2, 0.25) is 0 Å². The topological polar surface area (TPSA) is 27.3 Å². The Balaban J connectivity index is 1.67. The van der Waals surface area contributed by atoms with Crippen LogP contribution in [0, 0.1) is 17.7 Å². The van der Waals surface area contributed by atoms with Gasteiger partial charge in [-0.2, -0.15) is 0 Å². The lowest BCUT2D eigenvalue weighted by atomic mass is 9.92. The lowest BCUT2D eigenvalue weighted by molar-refractivity contribution is 0.140. The number of rotatable bonds is 5. The van der Waals surface area contributed by atoms with Gasteiger partial charge in [-0.1, -0.05) is 29.8 Å². The quantitative estimate of drug-likeness (QED) is 0.569. The molecule has 0 amide bonds. The number of hydrogen-bond donors (Lipinski definition) is 2. The number of piperidine rings is 1. The van der Waals surface area contributed by atoms with E-state index in [1.54, 1.807) is 12.1 Å². The van der Waals surface area contributed by atoms with Crippen LogP contribution in [0.4, 0.5) is 10.1 Å². The minimum atomic E-state index is -0.320. The molecule has 0 spiro atoms. The van der Waals surface area contributed by atoms with E-state index in [1.807, 2.05) is 0 Å². The van der Waals surface area contributed by atoms with Gasteiger partial charge in [-0.05, 0) is 61.6 Å². The van der Waals surface area contributed by atoms with Gasteiger partial charge in [-0.25, -0.2) is 4.39 Å². The van der Waals surface area contributed by atoms with Gasteiger partial charge in [-0.3, -0.25) is 0 Å². The number of anilines is 1. The van der Waals surface area contributed by atoms with Crippen LogP contribution in [0.3, 0.4) is 0 Å². The average molecular weight is 402 g/mol. The molecule has 0 aromatic heterocycles. The maximum absolute atomic E-state index is 13.7. The first-order valence-corrected chi connectivity index (χ1v) is 9.36. The molecule has 1 aromatic carbocycles. The van der Waals surface area contributed by atoms with Crippen molar-refractivity contribution in [2.45, 2.75) is 26.7 Å². The molecule has 1 aromatic rings.